The van der Waals surface area contributed by atoms with Crippen molar-refractivity contribution in [2.45, 2.75) is 398 Å². The first-order valence-corrected chi connectivity index (χ1v) is 41.5. The first-order chi connectivity index (χ1) is 45.0. The zero-order valence-corrected chi connectivity index (χ0v) is 62.7. The second-order valence-corrected chi connectivity index (χ2v) is 29.9. The average molecular weight is 1310 g/mol. The number of nitrogens with zero attached hydrogens (tertiary/aromatic N) is 1. The van der Waals surface area contributed by atoms with Crippen LogP contribution in [0.1, 0.15) is 386 Å². The van der Waals surface area contributed by atoms with Gasteiger partial charge in [-0.1, -0.05) is 388 Å². The van der Waals surface area contributed by atoms with Gasteiger partial charge in [0.1, 0.15) is 13.2 Å². The molecule has 1 amide bonds. The summed E-state index contributed by atoms with van der Waals surface area (Å²) in [6, 6.07) is -0.867. The number of aliphatic hydroxyl groups is 1. The highest BCUT2D eigenvalue weighted by Crippen LogP contribution is 2.43. The maximum Gasteiger partial charge on any atom is 0.472 e. The van der Waals surface area contributed by atoms with Gasteiger partial charge in [-0.15, -0.1) is 0 Å². The maximum atomic E-state index is 13.1. The summed E-state index contributed by atoms with van der Waals surface area (Å²) in [4.78, 5) is 23.5. The van der Waals surface area contributed by atoms with Crippen LogP contribution in [-0.4, -0.2) is 73.4 Å². The minimum atomic E-state index is -4.37. The molecule has 9 heteroatoms. The number of phosphoric acid groups is 1. The van der Waals surface area contributed by atoms with Crippen LogP contribution >= 0.6 is 7.82 Å². The number of carbonyl (C=O) groups is 1. The van der Waals surface area contributed by atoms with Crippen LogP contribution in [0.5, 0.6) is 0 Å². The standard InChI is InChI=1S/C83H155N2O6P/c1-6-8-10-12-14-16-18-20-22-24-26-28-30-32-34-36-38-39-40-41-42-43-44-45-47-49-51-53-55-57-59-61-63-65-67-69-71-73-75-77-83(87)84-81(80-91-92(88,89)90-79-78-85(3,4)5)82(86)76-74-72-70-68-66-64-62-60-58-56-54-52-50-48-46-37-35-33-31-29-27-25-23-21-19-17-15-13-11-9-7-2/h8,10,14,16,20,22,26,28,32,34,66,68,74,76,81-82,86H,6-7,9,11-13,15,17-19,21,23-25,27,29-31,33,35-65,67,69-73,75,77-80H2,1-5H3,(H-,84,87,88,89)/p+1/b10-8-,16-14-,22-20-,28-26-,34-32-,68-66+,76-74+. The minimum Gasteiger partial charge on any atom is -0.387 e. The summed E-state index contributed by atoms with van der Waals surface area (Å²) in [5.41, 5.74) is 0. The van der Waals surface area contributed by atoms with E-state index in [1.807, 2.05) is 27.2 Å². The Morgan fingerprint density at radius 2 is 0.663 bits per heavy atom. The molecule has 538 valence electrons. The molecule has 0 rings (SSSR count). The minimum absolute atomic E-state index is 0.0561. The number of rotatable bonds is 74. The van der Waals surface area contributed by atoms with Gasteiger partial charge in [-0.3, -0.25) is 13.8 Å². The Labute approximate surface area is 573 Å². The van der Waals surface area contributed by atoms with Crippen molar-refractivity contribution in [3.8, 4) is 0 Å². The number of allylic oxidation sites excluding steroid dienone is 13. The highest BCUT2D eigenvalue weighted by atomic mass is 31.2. The van der Waals surface area contributed by atoms with Crippen molar-refractivity contribution >= 4 is 13.7 Å². The van der Waals surface area contributed by atoms with Crippen LogP contribution in [0.15, 0.2) is 85.1 Å². The van der Waals surface area contributed by atoms with Crippen LogP contribution in [0.2, 0.25) is 0 Å². The molecule has 92 heavy (non-hydrogen) atoms. The van der Waals surface area contributed by atoms with Crippen molar-refractivity contribution in [1.29, 1.82) is 0 Å². The number of hydrogen-bond donors (Lipinski definition) is 3. The van der Waals surface area contributed by atoms with Crippen LogP contribution < -0.4 is 5.32 Å². The quantitative estimate of drug-likeness (QED) is 0.0243. The fourth-order valence-corrected chi connectivity index (χ4v) is 12.7. The molecule has 0 saturated carbocycles. The van der Waals surface area contributed by atoms with Gasteiger partial charge in [-0.2, -0.15) is 0 Å². The molecule has 0 aromatic rings. The van der Waals surface area contributed by atoms with Crippen molar-refractivity contribution in [3.05, 3.63) is 85.1 Å². The van der Waals surface area contributed by atoms with Crippen molar-refractivity contribution in [2.75, 3.05) is 40.9 Å². The van der Waals surface area contributed by atoms with E-state index in [9.17, 15) is 19.4 Å². The number of likely N-dealkylation sites (N-methyl/N-ethyl adjacent to an activating group) is 1. The number of phosphoric ester groups is 1. The summed E-state index contributed by atoms with van der Waals surface area (Å²) in [5, 5.41) is 14.0. The average Bonchev–Trinajstić information content (AvgIpc) is 2.63. The van der Waals surface area contributed by atoms with E-state index < -0.39 is 20.0 Å². The number of carbonyl (C=O) groups excluding carboxylic acids is 1. The Bertz CT molecular complexity index is 1780. The molecule has 0 saturated heterocycles. The predicted molar refractivity (Wildman–Crippen MR) is 406 cm³/mol. The van der Waals surface area contributed by atoms with Crippen molar-refractivity contribution in [2.24, 2.45) is 0 Å². The number of unbranched alkanes of at least 4 members (excludes halogenated alkanes) is 49. The van der Waals surface area contributed by atoms with Gasteiger partial charge in [0.25, 0.3) is 0 Å². The largest absolute Gasteiger partial charge is 0.472 e. The van der Waals surface area contributed by atoms with Crippen molar-refractivity contribution in [3.63, 3.8) is 0 Å². The van der Waals surface area contributed by atoms with Gasteiger partial charge < -0.3 is 19.8 Å². The van der Waals surface area contributed by atoms with Gasteiger partial charge >= 0.3 is 7.82 Å². The Hall–Kier alpha value is -2.32. The van der Waals surface area contributed by atoms with Crippen LogP contribution in [0, 0.1) is 0 Å². The van der Waals surface area contributed by atoms with Crippen LogP contribution in [0.4, 0.5) is 0 Å². The number of nitrogens with one attached hydrogen (secondary N) is 1. The molecule has 0 fully saturated rings. The topological polar surface area (TPSA) is 105 Å². The van der Waals surface area contributed by atoms with Gasteiger partial charge in [0.05, 0.1) is 39.9 Å². The molecule has 8 nitrogen and oxygen atoms in total. The number of hydrogen-bond acceptors (Lipinski definition) is 5. The van der Waals surface area contributed by atoms with Crippen LogP contribution in [0.25, 0.3) is 0 Å². The molecular weight excluding hydrogens is 1150 g/mol. The Balaban J connectivity index is 3.98. The SMILES string of the molecule is CC/C=C\C/C=C\C/C=C\C/C=C\C/C=C\CCCCCCCCCCCCCCCCCCCCCCCCCC(=O)NC(COP(=O)(O)OCC[N+](C)(C)C)C(O)/C=C/CC/C=C/CCCCCCCCCCCCCCCCCCCCCCCCCCC. The third-order valence-corrected chi connectivity index (χ3v) is 19.1. The Morgan fingerprint density at radius 1 is 0.380 bits per heavy atom. The van der Waals surface area contributed by atoms with Gasteiger partial charge in [-0.05, 0) is 77.0 Å². The number of quaternary nitrogens is 1. The molecule has 3 N–H and O–H groups in total. The van der Waals surface area contributed by atoms with Crippen molar-refractivity contribution in [1.82, 2.24) is 5.32 Å². The normalized spacial score (nSPS) is 13.9. The molecule has 0 aromatic heterocycles. The Kier molecular flexibility index (Phi) is 71.1. The van der Waals surface area contributed by atoms with Crippen molar-refractivity contribution < 1.29 is 32.9 Å². The first-order valence-electron chi connectivity index (χ1n) is 40.0. The molecule has 3 unspecified atom stereocenters. The zero-order chi connectivity index (χ0) is 66.9. The summed E-state index contributed by atoms with van der Waals surface area (Å²) in [7, 11) is 1.57. The van der Waals surface area contributed by atoms with Gasteiger partial charge in [-0.25, -0.2) is 4.57 Å². The zero-order valence-electron chi connectivity index (χ0n) is 61.8. The lowest BCUT2D eigenvalue weighted by Gasteiger charge is -2.25. The molecule has 0 radical (unpaired) electrons. The molecule has 0 aliphatic rings. The van der Waals surface area contributed by atoms with Crippen LogP contribution in [0.3, 0.4) is 0 Å². The van der Waals surface area contributed by atoms with E-state index in [0.29, 0.717) is 17.4 Å². The molecule has 0 bridgehead atoms. The predicted octanol–water partition coefficient (Wildman–Crippen LogP) is 26.2. The maximum absolute atomic E-state index is 13.1. The lowest BCUT2D eigenvalue weighted by atomic mass is 10.0. The van der Waals surface area contributed by atoms with E-state index in [2.05, 4.69) is 92.1 Å². The first kappa shape index (κ1) is 89.7. The summed E-state index contributed by atoms with van der Waals surface area (Å²) in [6.07, 6.45) is 105. The highest BCUT2D eigenvalue weighted by molar-refractivity contribution is 7.47. The fourth-order valence-electron chi connectivity index (χ4n) is 12.0. The third-order valence-electron chi connectivity index (χ3n) is 18.1. The summed E-state index contributed by atoms with van der Waals surface area (Å²) in [6.45, 7) is 4.73. The molecule has 0 aromatic carbocycles. The number of aliphatic hydroxyl groups excluding tert-OH is 1. The summed E-state index contributed by atoms with van der Waals surface area (Å²) in [5.74, 6) is -0.180. The summed E-state index contributed by atoms with van der Waals surface area (Å²) >= 11 is 0. The molecule has 3 atom stereocenters. The monoisotopic (exact) mass is 1310 g/mol. The molecule has 0 aliphatic heterocycles. The number of amides is 1. The third kappa shape index (κ3) is 75.1. The lowest BCUT2D eigenvalue weighted by Crippen LogP contribution is -2.45. The highest BCUT2D eigenvalue weighted by Gasteiger charge is 2.28. The van der Waals surface area contributed by atoms with E-state index in [-0.39, 0.29) is 19.1 Å². The van der Waals surface area contributed by atoms with Gasteiger partial charge in [0, 0.05) is 6.42 Å². The second kappa shape index (κ2) is 72.9. The van der Waals surface area contributed by atoms with E-state index in [4.69, 9.17) is 9.05 Å². The molecule has 0 aliphatic carbocycles. The van der Waals surface area contributed by atoms with E-state index in [0.717, 1.165) is 70.6 Å². The molecule has 0 spiro atoms. The van der Waals surface area contributed by atoms with E-state index >= 15 is 0 Å². The van der Waals surface area contributed by atoms with Gasteiger partial charge in [0.2, 0.25) is 5.91 Å². The summed E-state index contributed by atoms with van der Waals surface area (Å²) < 4.78 is 23.9. The second-order valence-electron chi connectivity index (χ2n) is 28.4. The smallest absolute Gasteiger partial charge is 0.387 e. The Morgan fingerprint density at radius 3 is 1.00 bits per heavy atom. The molecular formula is C83H156N2O6P+. The fraction of sp³-hybridized carbons (Fsp3) is 0.819. The lowest BCUT2D eigenvalue weighted by molar-refractivity contribution is -0.870. The van der Waals surface area contributed by atoms with Gasteiger partial charge in [0.15, 0.2) is 0 Å². The van der Waals surface area contributed by atoms with E-state index in [1.165, 1.54) is 295 Å². The van der Waals surface area contributed by atoms with Crippen LogP contribution in [-0.2, 0) is 18.4 Å². The van der Waals surface area contributed by atoms with E-state index in [1.54, 1.807) is 6.08 Å². The molecule has 0 heterocycles.